The van der Waals surface area contributed by atoms with E-state index < -0.39 is 6.17 Å². The van der Waals surface area contributed by atoms with Crippen molar-refractivity contribution in [2.45, 2.75) is 12.6 Å². The highest BCUT2D eigenvalue weighted by atomic mass is 19.1. The van der Waals surface area contributed by atoms with Crippen molar-refractivity contribution in [3.63, 3.8) is 0 Å². The Balaban J connectivity index is 3.03. The molecular weight excluding hydrogens is 95.1 g/mol. The zero-order valence-corrected chi connectivity index (χ0v) is 3.89. The van der Waals surface area contributed by atoms with Crippen LogP contribution in [0.2, 0.25) is 0 Å². The summed E-state index contributed by atoms with van der Waals surface area (Å²) in [5, 5.41) is 7.82. The Morgan fingerprint density at radius 1 is 1.86 bits per heavy atom. The third-order valence-corrected chi connectivity index (χ3v) is 0.569. The molecule has 0 aromatic carbocycles. The fourth-order valence-electron chi connectivity index (χ4n) is 0.182. The van der Waals surface area contributed by atoms with Crippen LogP contribution in [-0.2, 0) is 0 Å². The molecule has 40 valence electrons. The van der Waals surface area contributed by atoms with Crippen molar-refractivity contribution in [3.05, 3.63) is 0 Å². The van der Waals surface area contributed by atoms with Gasteiger partial charge in [-0.3, -0.25) is 0 Å². The van der Waals surface area contributed by atoms with E-state index in [4.69, 9.17) is 11.0 Å². The number of halogens is 1. The van der Waals surface area contributed by atoms with Gasteiger partial charge in [0.25, 0.3) is 0 Å². The SMILES string of the molecule is N#CC[C@H](F)CN. The molecular formula is C4H7FN2. The van der Waals surface area contributed by atoms with Gasteiger partial charge in [-0.15, -0.1) is 0 Å². The van der Waals surface area contributed by atoms with Crippen LogP contribution in [0.15, 0.2) is 0 Å². The van der Waals surface area contributed by atoms with Crippen molar-refractivity contribution in [2.24, 2.45) is 5.73 Å². The maximum Gasteiger partial charge on any atom is 0.125 e. The van der Waals surface area contributed by atoms with Gasteiger partial charge in [0.2, 0.25) is 0 Å². The van der Waals surface area contributed by atoms with Gasteiger partial charge < -0.3 is 5.73 Å². The minimum atomic E-state index is -1.13. The van der Waals surface area contributed by atoms with Gasteiger partial charge in [-0.05, 0) is 0 Å². The van der Waals surface area contributed by atoms with Gasteiger partial charge in [0.1, 0.15) is 6.17 Å². The second-order valence-electron chi connectivity index (χ2n) is 1.20. The fraction of sp³-hybridized carbons (Fsp3) is 0.750. The van der Waals surface area contributed by atoms with E-state index in [1.165, 1.54) is 0 Å². The van der Waals surface area contributed by atoms with Crippen LogP contribution in [0.3, 0.4) is 0 Å². The van der Waals surface area contributed by atoms with E-state index in [1.54, 1.807) is 6.07 Å². The fourth-order valence-corrected chi connectivity index (χ4v) is 0.182. The summed E-state index contributed by atoms with van der Waals surface area (Å²) in [7, 11) is 0. The first-order chi connectivity index (χ1) is 3.31. The van der Waals surface area contributed by atoms with Crippen LogP contribution < -0.4 is 5.73 Å². The lowest BCUT2D eigenvalue weighted by atomic mass is 10.3. The molecule has 0 fully saturated rings. The molecule has 2 N–H and O–H groups in total. The third-order valence-electron chi connectivity index (χ3n) is 0.569. The van der Waals surface area contributed by atoms with E-state index in [0.717, 1.165) is 0 Å². The highest BCUT2D eigenvalue weighted by Crippen LogP contribution is 1.90. The van der Waals surface area contributed by atoms with Gasteiger partial charge >= 0.3 is 0 Å². The average Bonchev–Trinajstić information content (AvgIpc) is 1.68. The van der Waals surface area contributed by atoms with Gasteiger partial charge in [0.05, 0.1) is 12.5 Å². The van der Waals surface area contributed by atoms with Crippen LogP contribution in [0.5, 0.6) is 0 Å². The predicted octanol–water partition coefficient (Wildman–Crippen LogP) is 0.197. The normalized spacial score (nSPS) is 12.7. The first-order valence-electron chi connectivity index (χ1n) is 2.02. The molecule has 2 nitrogen and oxygen atoms in total. The monoisotopic (exact) mass is 102 g/mol. The molecule has 0 rings (SSSR count). The highest BCUT2D eigenvalue weighted by molar-refractivity contribution is 4.75. The lowest BCUT2D eigenvalue weighted by Crippen LogP contribution is -2.13. The van der Waals surface area contributed by atoms with Crippen molar-refractivity contribution in [3.8, 4) is 6.07 Å². The highest BCUT2D eigenvalue weighted by Gasteiger charge is 1.98. The topological polar surface area (TPSA) is 49.8 Å². The first kappa shape index (κ1) is 6.38. The summed E-state index contributed by atoms with van der Waals surface area (Å²) in [5.74, 6) is 0. The molecule has 0 amide bonds. The van der Waals surface area contributed by atoms with Crippen molar-refractivity contribution in [1.82, 2.24) is 0 Å². The van der Waals surface area contributed by atoms with Crippen molar-refractivity contribution >= 4 is 0 Å². The summed E-state index contributed by atoms with van der Waals surface area (Å²) in [6.45, 7) is -0.0481. The summed E-state index contributed by atoms with van der Waals surface area (Å²) in [5.41, 5.74) is 4.83. The van der Waals surface area contributed by atoms with Crippen LogP contribution in [0.1, 0.15) is 6.42 Å². The predicted molar refractivity (Wildman–Crippen MR) is 24.2 cm³/mol. The summed E-state index contributed by atoms with van der Waals surface area (Å²) in [6, 6.07) is 1.66. The van der Waals surface area contributed by atoms with Crippen molar-refractivity contribution < 1.29 is 4.39 Å². The van der Waals surface area contributed by atoms with Crippen LogP contribution >= 0.6 is 0 Å². The Morgan fingerprint density at radius 2 is 2.43 bits per heavy atom. The summed E-state index contributed by atoms with van der Waals surface area (Å²) < 4.78 is 11.8. The molecule has 0 unspecified atom stereocenters. The van der Waals surface area contributed by atoms with Crippen LogP contribution in [-0.4, -0.2) is 12.7 Å². The average molecular weight is 102 g/mol. The van der Waals surface area contributed by atoms with Crippen molar-refractivity contribution in [2.75, 3.05) is 6.54 Å². The van der Waals surface area contributed by atoms with E-state index >= 15 is 0 Å². The molecule has 0 saturated heterocycles. The Bertz CT molecular complexity index is 76.2. The minimum Gasteiger partial charge on any atom is -0.328 e. The number of nitriles is 1. The van der Waals surface area contributed by atoms with Crippen molar-refractivity contribution in [1.29, 1.82) is 5.26 Å². The number of nitrogens with two attached hydrogens (primary N) is 1. The van der Waals surface area contributed by atoms with Crippen LogP contribution in [0.25, 0.3) is 0 Å². The van der Waals surface area contributed by atoms with Crippen LogP contribution in [0.4, 0.5) is 4.39 Å². The standard InChI is InChI=1S/C4H7FN2/c5-4(3-7)1-2-6/h4H,1,3,7H2/t4-/m0/s1. The molecule has 0 heterocycles. The molecule has 0 aliphatic carbocycles. The maximum atomic E-state index is 11.8. The second kappa shape index (κ2) is 3.57. The van der Waals surface area contributed by atoms with Gasteiger partial charge in [0, 0.05) is 6.54 Å². The zero-order valence-electron chi connectivity index (χ0n) is 3.89. The molecule has 0 aromatic heterocycles. The van der Waals surface area contributed by atoms with E-state index in [0.29, 0.717) is 0 Å². The van der Waals surface area contributed by atoms with Gasteiger partial charge in [-0.25, -0.2) is 4.39 Å². The van der Waals surface area contributed by atoms with E-state index in [2.05, 4.69) is 0 Å². The molecule has 1 atom stereocenters. The Morgan fingerprint density at radius 3 is 2.57 bits per heavy atom. The largest absolute Gasteiger partial charge is 0.328 e. The Labute approximate surface area is 41.7 Å². The van der Waals surface area contributed by atoms with Gasteiger partial charge in [-0.2, -0.15) is 5.26 Å². The van der Waals surface area contributed by atoms with E-state index in [1.807, 2.05) is 0 Å². The molecule has 0 saturated carbocycles. The maximum absolute atomic E-state index is 11.8. The van der Waals surface area contributed by atoms with Crippen LogP contribution in [0, 0.1) is 11.3 Å². The minimum absolute atomic E-state index is 0.0481. The first-order valence-corrected chi connectivity index (χ1v) is 2.02. The number of hydrogen-bond donors (Lipinski definition) is 1. The molecule has 3 heteroatoms. The summed E-state index contributed by atoms with van der Waals surface area (Å²) >= 11 is 0. The molecule has 0 spiro atoms. The third kappa shape index (κ3) is 3.20. The number of hydrogen-bond acceptors (Lipinski definition) is 2. The smallest absolute Gasteiger partial charge is 0.125 e. The summed E-state index contributed by atoms with van der Waals surface area (Å²) in [4.78, 5) is 0. The van der Waals surface area contributed by atoms with E-state index in [9.17, 15) is 4.39 Å². The van der Waals surface area contributed by atoms with Gasteiger partial charge in [0.15, 0.2) is 0 Å². The lowest BCUT2D eigenvalue weighted by molar-refractivity contribution is 0.348. The number of alkyl halides is 1. The second-order valence-corrected chi connectivity index (χ2v) is 1.20. The summed E-state index contributed by atoms with van der Waals surface area (Å²) in [6.07, 6.45) is -1.22. The Kier molecular flexibility index (Phi) is 3.25. The molecule has 0 aliphatic rings. The molecule has 0 aliphatic heterocycles. The quantitative estimate of drug-likeness (QED) is 0.541. The van der Waals surface area contributed by atoms with E-state index in [-0.39, 0.29) is 13.0 Å². The zero-order chi connectivity index (χ0) is 5.70. The lowest BCUT2D eigenvalue weighted by Gasteiger charge is -1.92. The molecule has 0 aromatic rings. The molecule has 0 bridgehead atoms. The van der Waals surface area contributed by atoms with Gasteiger partial charge in [-0.1, -0.05) is 0 Å². The number of nitrogens with zero attached hydrogens (tertiary/aromatic N) is 1. The molecule has 7 heavy (non-hydrogen) atoms. The Hall–Kier alpha value is -0.620. The number of rotatable bonds is 2. The molecule has 0 radical (unpaired) electrons.